The van der Waals surface area contributed by atoms with Gasteiger partial charge in [-0.15, -0.1) is 0 Å². The molecule has 0 bridgehead atoms. The summed E-state index contributed by atoms with van der Waals surface area (Å²) < 4.78 is 0. The summed E-state index contributed by atoms with van der Waals surface area (Å²) in [6.07, 6.45) is 7.04. The van der Waals surface area contributed by atoms with Crippen molar-refractivity contribution in [3.05, 3.63) is 22.8 Å². The van der Waals surface area contributed by atoms with Gasteiger partial charge in [0, 0.05) is 17.8 Å². The number of aryl methyl sites for hydroxylation is 3. The molecule has 0 fully saturated rings. The Kier molecular flexibility index (Phi) is 3.88. The zero-order valence-corrected chi connectivity index (χ0v) is 10.3. The second-order valence-electron chi connectivity index (χ2n) is 4.56. The van der Waals surface area contributed by atoms with Gasteiger partial charge in [0.15, 0.2) is 0 Å². The van der Waals surface area contributed by atoms with Gasteiger partial charge in [0.25, 0.3) is 0 Å². The lowest BCUT2D eigenvalue weighted by molar-refractivity contribution is 0.636. The summed E-state index contributed by atoms with van der Waals surface area (Å²) in [7, 11) is 1.99. The fourth-order valence-electron chi connectivity index (χ4n) is 2.38. The number of nitrogens with zero attached hydrogens (tertiary/aromatic N) is 2. The van der Waals surface area contributed by atoms with Gasteiger partial charge in [-0.25, -0.2) is 9.97 Å². The van der Waals surface area contributed by atoms with E-state index in [4.69, 9.17) is 4.98 Å². The summed E-state index contributed by atoms with van der Waals surface area (Å²) in [6, 6.07) is 0. The Bertz CT molecular complexity index is 360. The van der Waals surface area contributed by atoms with Crippen molar-refractivity contribution in [1.29, 1.82) is 0 Å². The summed E-state index contributed by atoms with van der Waals surface area (Å²) in [4.78, 5) is 9.33. The Morgan fingerprint density at radius 1 is 1.19 bits per heavy atom. The molecule has 16 heavy (non-hydrogen) atoms. The van der Waals surface area contributed by atoms with Crippen LogP contribution in [0.3, 0.4) is 0 Å². The van der Waals surface area contributed by atoms with Crippen LogP contribution in [-0.2, 0) is 19.3 Å². The third-order valence-corrected chi connectivity index (χ3v) is 3.26. The van der Waals surface area contributed by atoms with E-state index in [9.17, 15) is 0 Å². The van der Waals surface area contributed by atoms with Gasteiger partial charge in [-0.2, -0.15) is 0 Å². The molecule has 1 aliphatic rings. The molecule has 0 aromatic carbocycles. The Morgan fingerprint density at radius 2 is 2.00 bits per heavy atom. The molecule has 0 atom stereocenters. The summed E-state index contributed by atoms with van der Waals surface area (Å²) in [6.45, 7) is 3.17. The highest BCUT2D eigenvalue weighted by molar-refractivity contribution is 5.27. The number of aromatic nitrogens is 2. The molecule has 0 unspecified atom stereocenters. The van der Waals surface area contributed by atoms with Gasteiger partial charge < -0.3 is 5.32 Å². The van der Waals surface area contributed by atoms with E-state index in [1.54, 1.807) is 0 Å². The molecule has 0 aliphatic heterocycles. The number of nitrogens with one attached hydrogen (secondary N) is 1. The van der Waals surface area contributed by atoms with Crippen LogP contribution in [-0.4, -0.2) is 23.6 Å². The van der Waals surface area contributed by atoms with E-state index in [1.165, 1.54) is 36.2 Å². The molecule has 0 saturated carbocycles. The first-order valence-electron chi connectivity index (χ1n) is 6.31. The molecule has 3 nitrogen and oxygen atoms in total. The number of rotatable bonds is 4. The van der Waals surface area contributed by atoms with Crippen molar-refractivity contribution in [1.82, 2.24) is 15.3 Å². The van der Waals surface area contributed by atoms with E-state index in [0.717, 1.165) is 31.6 Å². The maximum Gasteiger partial charge on any atom is 0.128 e. The van der Waals surface area contributed by atoms with Crippen LogP contribution >= 0.6 is 0 Å². The first-order chi connectivity index (χ1) is 7.81. The minimum absolute atomic E-state index is 0.995. The summed E-state index contributed by atoms with van der Waals surface area (Å²) in [5, 5.41) is 3.16. The van der Waals surface area contributed by atoms with E-state index >= 15 is 0 Å². The van der Waals surface area contributed by atoms with Gasteiger partial charge in [-0.3, -0.25) is 0 Å². The number of hydrogen-bond donors (Lipinski definition) is 1. The molecule has 3 heteroatoms. The first-order valence-corrected chi connectivity index (χ1v) is 6.31. The molecule has 1 heterocycles. The molecule has 0 radical (unpaired) electrons. The summed E-state index contributed by atoms with van der Waals surface area (Å²) in [5.74, 6) is 1.04. The van der Waals surface area contributed by atoms with Gasteiger partial charge in [-0.05, 0) is 58.2 Å². The van der Waals surface area contributed by atoms with Crippen LogP contribution in [0.25, 0.3) is 0 Å². The van der Waals surface area contributed by atoms with Crippen molar-refractivity contribution in [3.63, 3.8) is 0 Å². The summed E-state index contributed by atoms with van der Waals surface area (Å²) >= 11 is 0. The van der Waals surface area contributed by atoms with Crippen LogP contribution in [0.5, 0.6) is 0 Å². The molecule has 0 spiro atoms. The molecule has 1 N–H and O–H groups in total. The van der Waals surface area contributed by atoms with E-state index in [-0.39, 0.29) is 0 Å². The van der Waals surface area contributed by atoms with Crippen molar-refractivity contribution < 1.29 is 0 Å². The fourth-order valence-corrected chi connectivity index (χ4v) is 2.38. The Morgan fingerprint density at radius 3 is 2.81 bits per heavy atom. The summed E-state index contributed by atoms with van der Waals surface area (Å²) in [5.41, 5.74) is 3.95. The normalized spacial score (nSPS) is 14.9. The topological polar surface area (TPSA) is 37.8 Å². The molecule has 1 aromatic rings. The fraction of sp³-hybridized carbons (Fsp3) is 0.692. The van der Waals surface area contributed by atoms with E-state index < -0.39 is 0 Å². The monoisotopic (exact) mass is 219 g/mol. The van der Waals surface area contributed by atoms with Crippen molar-refractivity contribution in [3.8, 4) is 0 Å². The lowest BCUT2D eigenvalue weighted by Crippen LogP contribution is -2.14. The predicted molar refractivity (Wildman–Crippen MR) is 65.7 cm³/mol. The highest BCUT2D eigenvalue weighted by Gasteiger charge is 2.14. The highest BCUT2D eigenvalue weighted by Crippen LogP contribution is 2.21. The van der Waals surface area contributed by atoms with Gasteiger partial charge in [0.1, 0.15) is 5.82 Å². The maximum atomic E-state index is 4.71. The van der Waals surface area contributed by atoms with Crippen LogP contribution in [0.2, 0.25) is 0 Å². The van der Waals surface area contributed by atoms with E-state index in [0.29, 0.717) is 0 Å². The molecule has 0 amide bonds. The molecule has 2 rings (SSSR count). The molecule has 0 saturated heterocycles. The van der Waals surface area contributed by atoms with Gasteiger partial charge in [-0.1, -0.05) is 0 Å². The molecule has 1 aromatic heterocycles. The maximum absolute atomic E-state index is 4.71. The van der Waals surface area contributed by atoms with Crippen LogP contribution in [0.15, 0.2) is 0 Å². The SMILES string of the molecule is CNCCCc1nc(C)c2c(n1)CCCC2. The average Bonchev–Trinajstić information content (AvgIpc) is 2.30. The minimum Gasteiger partial charge on any atom is -0.320 e. The second kappa shape index (κ2) is 5.39. The minimum atomic E-state index is 0.995. The lowest BCUT2D eigenvalue weighted by Gasteiger charge is -2.17. The zero-order chi connectivity index (χ0) is 11.4. The smallest absolute Gasteiger partial charge is 0.128 e. The highest BCUT2D eigenvalue weighted by atomic mass is 14.9. The molecule has 88 valence electrons. The first kappa shape index (κ1) is 11.5. The second-order valence-corrected chi connectivity index (χ2v) is 4.56. The largest absolute Gasteiger partial charge is 0.320 e. The van der Waals surface area contributed by atoms with E-state index in [2.05, 4.69) is 17.2 Å². The predicted octanol–water partition coefficient (Wildman–Crippen LogP) is 1.82. The molecular formula is C13H21N3. The molecule has 1 aliphatic carbocycles. The Balaban J connectivity index is 2.12. The van der Waals surface area contributed by atoms with Crippen LogP contribution < -0.4 is 5.32 Å². The van der Waals surface area contributed by atoms with Crippen LogP contribution in [0.1, 0.15) is 42.0 Å². The van der Waals surface area contributed by atoms with Gasteiger partial charge >= 0.3 is 0 Å². The van der Waals surface area contributed by atoms with Crippen molar-refractivity contribution in [2.24, 2.45) is 0 Å². The Labute approximate surface area is 97.7 Å². The lowest BCUT2D eigenvalue weighted by atomic mass is 9.95. The third-order valence-electron chi connectivity index (χ3n) is 3.26. The average molecular weight is 219 g/mol. The molecular weight excluding hydrogens is 198 g/mol. The Hall–Kier alpha value is -0.960. The van der Waals surface area contributed by atoms with E-state index in [1.807, 2.05) is 7.05 Å². The van der Waals surface area contributed by atoms with Crippen molar-refractivity contribution in [2.45, 2.75) is 45.4 Å². The standard InChI is InChI=1S/C13H21N3/c1-10-11-6-3-4-7-12(11)16-13(15-10)8-5-9-14-2/h14H,3-9H2,1-2H3. The van der Waals surface area contributed by atoms with Gasteiger partial charge in [0.05, 0.1) is 0 Å². The van der Waals surface area contributed by atoms with Gasteiger partial charge in [0.2, 0.25) is 0 Å². The zero-order valence-electron chi connectivity index (χ0n) is 10.3. The van der Waals surface area contributed by atoms with Crippen LogP contribution in [0, 0.1) is 6.92 Å². The van der Waals surface area contributed by atoms with Crippen LogP contribution in [0.4, 0.5) is 0 Å². The van der Waals surface area contributed by atoms with Crippen molar-refractivity contribution in [2.75, 3.05) is 13.6 Å². The number of hydrogen-bond acceptors (Lipinski definition) is 3. The quantitative estimate of drug-likeness (QED) is 0.785. The number of fused-ring (bicyclic) bond motifs is 1. The third kappa shape index (κ3) is 2.59. The van der Waals surface area contributed by atoms with Crippen molar-refractivity contribution >= 4 is 0 Å².